The fourth-order valence-electron chi connectivity index (χ4n) is 2.71. The topological polar surface area (TPSA) is 75.6 Å². The van der Waals surface area contributed by atoms with Crippen LogP contribution in [-0.4, -0.2) is 19.5 Å². The van der Waals surface area contributed by atoms with Crippen LogP contribution in [-0.2, 0) is 13.1 Å². The Hall–Kier alpha value is -3.41. The molecule has 2 N–H and O–H groups in total. The summed E-state index contributed by atoms with van der Waals surface area (Å²) in [6.07, 6.45) is 5.52. The predicted molar refractivity (Wildman–Crippen MR) is 97.5 cm³/mol. The maximum absolute atomic E-state index is 12.1. The third-order valence-electron chi connectivity index (χ3n) is 4.02. The largest absolute Gasteiger partial charge is 0.352 e. The molecule has 0 atom stereocenters. The smallest absolute Gasteiger partial charge is 0.260 e. The van der Waals surface area contributed by atoms with Gasteiger partial charge in [-0.3, -0.25) is 9.78 Å². The van der Waals surface area contributed by atoms with Crippen LogP contribution in [0.5, 0.6) is 0 Å². The first-order valence-corrected chi connectivity index (χ1v) is 8.04. The number of aromatic nitrogens is 4. The lowest BCUT2D eigenvalue weighted by atomic mass is 10.1. The van der Waals surface area contributed by atoms with Crippen molar-refractivity contribution in [2.75, 3.05) is 5.32 Å². The molecular formula is C19H17N5O. The Balaban J connectivity index is 1.45. The van der Waals surface area contributed by atoms with E-state index in [0.717, 1.165) is 12.1 Å². The van der Waals surface area contributed by atoms with Gasteiger partial charge in [0.15, 0.2) is 0 Å². The van der Waals surface area contributed by atoms with Crippen LogP contribution in [0.25, 0.3) is 10.9 Å². The summed E-state index contributed by atoms with van der Waals surface area (Å²) in [6.45, 7) is 1.39. The molecule has 0 aliphatic carbocycles. The summed E-state index contributed by atoms with van der Waals surface area (Å²) in [4.78, 5) is 23.3. The van der Waals surface area contributed by atoms with E-state index < -0.39 is 0 Å². The molecule has 0 radical (unpaired) electrons. The number of benzene rings is 2. The van der Waals surface area contributed by atoms with Gasteiger partial charge in [-0.15, -0.1) is 0 Å². The molecule has 0 spiro atoms. The van der Waals surface area contributed by atoms with Gasteiger partial charge in [0.05, 0.1) is 17.2 Å². The first-order chi connectivity index (χ1) is 12.3. The maximum atomic E-state index is 12.1. The molecule has 124 valence electrons. The molecule has 6 heteroatoms. The monoisotopic (exact) mass is 331 g/mol. The summed E-state index contributed by atoms with van der Waals surface area (Å²) >= 11 is 0. The Kier molecular flexibility index (Phi) is 4.00. The Morgan fingerprint density at radius 1 is 1.04 bits per heavy atom. The highest BCUT2D eigenvalue weighted by atomic mass is 16.1. The van der Waals surface area contributed by atoms with Crippen LogP contribution in [0.15, 0.2) is 72.0 Å². The molecule has 4 aromatic rings. The molecule has 0 aliphatic rings. The fraction of sp³-hybridized carbons (Fsp3) is 0.105. The van der Waals surface area contributed by atoms with Gasteiger partial charge >= 0.3 is 0 Å². The van der Waals surface area contributed by atoms with E-state index in [4.69, 9.17) is 0 Å². The van der Waals surface area contributed by atoms with Crippen molar-refractivity contribution in [2.24, 2.45) is 0 Å². The minimum absolute atomic E-state index is 0.135. The number of nitrogens with zero attached hydrogens (tertiary/aromatic N) is 3. The molecule has 0 saturated heterocycles. The van der Waals surface area contributed by atoms with E-state index in [1.54, 1.807) is 18.6 Å². The summed E-state index contributed by atoms with van der Waals surface area (Å²) < 4.78 is 2.02. The van der Waals surface area contributed by atoms with Crippen molar-refractivity contribution in [3.05, 3.63) is 88.7 Å². The third kappa shape index (κ3) is 3.42. The maximum Gasteiger partial charge on any atom is 0.260 e. The van der Waals surface area contributed by atoms with E-state index in [0.29, 0.717) is 23.4 Å². The number of imidazole rings is 1. The summed E-state index contributed by atoms with van der Waals surface area (Å²) in [5, 5.41) is 3.77. The van der Waals surface area contributed by atoms with Gasteiger partial charge in [0, 0.05) is 25.5 Å². The minimum Gasteiger partial charge on any atom is -0.352 e. The molecule has 2 aromatic carbocycles. The van der Waals surface area contributed by atoms with Crippen LogP contribution in [0.1, 0.15) is 11.1 Å². The number of anilines is 1. The van der Waals surface area contributed by atoms with E-state index in [2.05, 4.69) is 44.5 Å². The van der Waals surface area contributed by atoms with Crippen molar-refractivity contribution in [2.45, 2.75) is 13.1 Å². The van der Waals surface area contributed by atoms with E-state index in [1.807, 2.05) is 29.0 Å². The van der Waals surface area contributed by atoms with Crippen molar-refractivity contribution in [1.82, 2.24) is 19.5 Å². The van der Waals surface area contributed by atoms with E-state index in [-0.39, 0.29) is 5.56 Å². The van der Waals surface area contributed by atoms with Crippen LogP contribution < -0.4 is 10.9 Å². The number of H-pyrrole nitrogens is 1. The van der Waals surface area contributed by atoms with Crippen molar-refractivity contribution in [3.8, 4) is 0 Å². The first-order valence-electron chi connectivity index (χ1n) is 8.04. The molecule has 0 amide bonds. The highest BCUT2D eigenvalue weighted by Crippen LogP contribution is 2.10. The lowest BCUT2D eigenvalue weighted by Gasteiger charge is -2.08. The Morgan fingerprint density at radius 2 is 1.84 bits per heavy atom. The predicted octanol–water partition coefficient (Wildman–Crippen LogP) is 2.78. The van der Waals surface area contributed by atoms with E-state index in [9.17, 15) is 4.79 Å². The lowest BCUT2D eigenvalue weighted by molar-refractivity contribution is 0.797. The van der Waals surface area contributed by atoms with Crippen LogP contribution in [0.2, 0.25) is 0 Å². The summed E-state index contributed by atoms with van der Waals surface area (Å²) in [6, 6.07) is 15.6. The van der Waals surface area contributed by atoms with Crippen LogP contribution in [0, 0.1) is 0 Å². The van der Waals surface area contributed by atoms with Gasteiger partial charge in [-0.2, -0.15) is 0 Å². The second kappa shape index (κ2) is 6.60. The van der Waals surface area contributed by atoms with Crippen molar-refractivity contribution >= 4 is 16.9 Å². The molecule has 0 saturated carbocycles. The molecule has 2 aromatic heterocycles. The fourth-order valence-corrected chi connectivity index (χ4v) is 2.71. The van der Waals surface area contributed by atoms with Gasteiger partial charge in [-0.1, -0.05) is 36.4 Å². The normalized spacial score (nSPS) is 10.9. The van der Waals surface area contributed by atoms with Crippen LogP contribution >= 0.6 is 0 Å². The number of nitrogens with one attached hydrogen (secondary N) is 2. The Morgan fingerprint density at radius 3 is 2.64 bits per heavy atom. The molecule has 0 bridgehead atoms. The van der Waals surface area contributed by atoms with Gasteiger partial charge in [0.2, 0.25) is 5.95 Å². The van der Waals surface area contributed by atoms with Crippen molar-refractivity contribution in [1.29, 1.82) is 0 Å². The summed E-state index contributed by atoms with van der Waals surface area (Å²) in [5.41, 5.74) is 2.87. The second-order valence-corrected chi connectivity index (χ2v) is 5.84. The van der Waals surface area contributed by atoms with Gasteiger partial charge in [0.1, 0.15) is 0 Å². The number of hydrogen-bond acceptors (Lipinski definition) is 4. The average Bonchev–Trinajstić information content (AvgIpc) is 3.14. The van der Waals surface area contributed by atoms with Gasteiger partial charge in [0.25, 0.3) is 5.56 Å². The zero-order valence-electron chi connectivity index (χ0n) is 13.5. The lowest BCUT2D eigenvalue weighted by Crippen LogP contribution is -2.13. The number of rotatable bonds is 5. The zero-order valence-corrected chi connectivity index (χ0v) is 13.5. The number of hydrogen-bond donors (Lipinski definition) is 2. The second-order valence-electron chi connectivity index (χ2n) is 5.84. The van der Waals surface area contributed by atoms with Crippen LogP contribution in [0.3, 0.4) is 0 Å². The minimum atomic E-state index is -0.135. The van der Waals surface area contributed by atoms with E-state index in [1.165, 1.54) is 5.56 Å². The highest BCUT2D eigenvalue weighted by Gasteiger charge is 2.03. The van der Waals surface area contributed by atoms with Crippen molar-refractivity contribution < 1.29 is 0 Å². The molecule has 0 aliphatic heterocycles. The number of para-hydroxylation sites is 1. The van der Waals surface area contributed by atoms with Crippen molar-refractivity contribution in [3.63, 3.8) is 0 Å². The Labute approximate surface area is 144 Å². The molecule has 25 heavy (non-hydrogen) atoms. The standard InChI is InChI=1S/C19H17N5O/c25-18-16-3-1-2-4-17(16)22-19(23-18)21-11-14-5-7-15(8-6-14)12-24-10-9-20-13-24/h1-10,13H,11-12H2,(H2,21,22,23,25). The number of fused-ring (bicyclic) bond motifs is 1. The highest BCUT2D eigenvalue weighted by molar-refractivity contribution is 5.78. The molecule has 6 nitrogen and oxygen atoms in total. The summed E-state index contributed by atoms with van der Waals surface area (Å²) in [7, 11) is 0. The van der Waals surface area contributed by atoms with Gasteiger partial charge in [-0.05, 0) is 23.3 Å². The molecular weight excluding hydrogens is 314 g/mol. The number of aromatic amines is 1. The van der Waals surface area contributed by atoms with Crippen LogP contribution in [0.4, 0.5) is 5.95 Å². The molecule has 2 heterocycles. The van der Waals surface area contributed by atoms with Gasteiger partial charge < -0.3 is 9.88 Å². The molecule has 4 rings (SSSR count). The average molecular weight is 331 g/mol. The zero-order chi connectivity index (χ0) is 17.1. The van der Waals surface area contributed by atoms with E-state index >= 15 is 0 Å². The molecule has 0 unspecified atom stereocenters. The quantitative estimate of drug-likeness (QED) is 0.590. The van der Waals surface area contributed by atoms with Gasteiger partial charge in [-0.25, -0.2) is 9.97 Å². The Bertz CT molecular complexity index is 1040. The first kappa shape index (κ1) is 15.1. The SMILES string of the molecule is O=c1[nH]c(NCc2ccc(Cn3ccnc3)cc2)nc2ccccc12. The third-order valence-corrected chi connectivity index (χ3v) is 4.02. The molecule has 0 fully saturated rings. The summed E-state index contributed by atoms with van der Waals surface area (Å²) in [5.74, 6) is 0.478.